The predicted octanol–water partition coefficient (Wildman–Crippen LogP) is 3.43. The van der Waals surface area contributed by atoms with Gasteiger partial charge in [0.05, 0.1) is 37.2 Å². The molecular weight excluding hydrogens is 352 g/mol. The molecular formula is C20H21F2N3O2. The molecule has 0 radical (unpaired) electrons. The first-order valence-corrected chi connectivity index (χ1v) is 8.82. The van der Waals surface area contributed by atoms with E-state index in [9.17, 15) is 8.78 Å². The molecule has 1 unspecified atom stereocenters. The molecule has 7 heteroatoms. The summed E-state index contributed by atoms with van der Waals surface area (Å²) in [6.45, 7) is 2.48. The number of halogens is 2. The van der Waals surface area contributed by atoms with Crippen molar-refractivity contribution in [1.29, 1.82) is 0 Å². The molecule has 4 rings (SSSR count). The second-order valence-electron chi connectivity index (χ2n) is 6.79. The van der Waals surface area contributed by atoms with Crippen molar-refractivity contribution in [3.05, 3.63) is 59.4 Å². The van der Waals surface area contributed by atoms with Crippen LogP contribution in [-0.2, 0) is 18.3 Å². The second kappa shape index (κ2) is 7.25. The fraction of sp³-hybridized carbons (Fsp3) is 0.350. The molecule has 5 nitrogen and oxygen atoms in total. The van der Waals surface area contributed by atoms with Gasteiger partial charge < -0.3 is 14.0 Å². The highest BCUT2D eigenvalue weighted by atomic mass is 19.2. The van der Waals surface area contributed by atoms with Gasteiger partial charge >= 0.3 is 0 Å². The Morgan fingerprint density at radius 2 is 2.11 bits per heavy atom. The number of hydrogen-bond acceptors (Lipinski definition) is 4. The van der Waals surface area contributed by atoms with Crippen LogP contribution in [0.15, 0.2) is 36.7 Å². The highest BCUT2D eigenvalue weighted by molar-refractivity contribution is 5.76. The monoisotopic (exact) mass is 373 g/mol. The van der Waals surface area contributed by atoms with Gasteiger partial charge in [0.25, 0.3) is 0 Å². The lowest BCUT2D eigenvalue weighted by Crippen LogP contribution is -2.37. The standard InChI is InChI=1S/C20H21F2N3O2/c1-24-12-23-16-4-3-14(9-17(16)24)19-11-25(5-6-27-19)10-13-7-15(21)20(22)18(8-13)26-2/h3-4,7-9,12,19H,5-6,10-11H2,1-2H3. The van der Waals surface area contributed by atoms with Gasteiger partial charge in [-0.1, -0.05) is 6.07 Å². The zero-order valence-corrected chi connectivity index (χ0v) is 15.3. The third-order valence-electron chi connectivity index (χ3n) is 4.95. The van der Waals surface area contributed by atoms with E-state index in [2.05, 4.69) is 16.0 Å². The zero-order chi connectivity index (χ0) is 19.0. The number of morpholine rings is 1. The molecule has 1 fully saturated rings. The van der Waals surface area contributed by atoms with Crippen molar-refractivity contribution in [1.82, 2.24) is 14.5 Å². The van der Waals surface area contributed by atoms with Gasteiger partial charge in [-0.15, -0.1) is 0 Å². The Kier molecular flexibility index (Phi) is 4.80. The van der Waals surface area contributed by atoms with Crippen LogP contribution in [0.1, 0.15) is 17.2 Å². The summed E-state index contributed by atoms with van der Waals surface area (Å²) in [4.78, 5) is 6.51. The SMILES string of the molecule is COc1cc(CN2CCOC(c3ccc4ncn(C)c4c3)C2)cc(F)c1F. The van der Waals surface area contributed by atoms with E-state index >= 15 is 0 Å². The molecule has 1 aliphatic rings. The minimum atomic E-state index is -0.953. The van der Waals surface area contributed by atoms with Crippen LogP contribution in [0.25, 0.3) is 11.0 Å². The van der Waals surface area contributed by atoms with Gasteiger partial charge in [-0.05, 0) is 35.4 Å². The second-order valence-corrected chi connectivity index (χ2v) is 6.79. The molecule has 142 valence electrons. The van der Waals surface area contributed by atoms with Crippen LogP contribution in [0.3, 0.4) is 0 Å². The Hall–Kier alpha value is -2.51. The number of ether oxygens (including phenoxy) is 2. The number of rotatable bonds is 4. The van der Waals surface area contributed by atoms with Crippen LogP contribution in [0.5, 0.6) is 5.75 Å². The van der Waals surface area contributed by atoms with E-state index in [0.717, 1.165) is 23.1 Å². The summed E-state index contributed by atoms with van der Waals surface area (Å²) in [6, 6.07) is 8.89. The molecule has 0 bridgehead atoms. The van der Waals surface area contributed by atoms with E-state index in [1.54, 1.807) is 12.4 Å². The molecule has 27 heavy (non-hydrogen) atoms. The Morgan fingerprint density at radius 1 is 1.26 bits per heavy atom. The van der Waals surface area contributed by atoms with Crippen molar-refractivity contribution in [2.45, 2.75) is 12.6 Å². The van der Waals surface area contributed by atoms with E-state index in [1.165, 1.54) is 13.2 Å². The van der Waals surface area contributed by atoms with Gasteiger partial charge in [-0.3, -0.25) is 4.90 Å². The highest BCUT2D eigenvalue weighted by Gasteiger charge is 2.23. The van der Waals surface area contributed by atoms with E-state index < -0.39 is 11.6 Å². The van der Waals surface area contributed by atoms with Crippen LogP contribution in [-0.4, -0.2) is 41.3 Å². The lowest BCUT2D eigenvalue weighted by molar-refractivity contribution is -0.0329. The van der Waals surface area contributed by atoms with Crippen LogP contribution in [0, 0.1) is 11.6 Å². The van der Waals surface area contributed by atoms with Gasteiger partial charge in [-0.25, -0.2) is 9.37 Å². The molecule has 0 aliphatic carbocycles. The van der Waals surface area contributed by atoms with Gasteiger partial charge in [-0.2, -0.15) is 4.39 Å². The van der Waals surface area contributed by atoms with E-state index in [4.69, 9.17) is 9.47 Å². The molecule has 2 heterocycles. The number of hydrogen-bond donors (Lipinski definition) is 0. The van der Waals surface area contributed by atoms with E-state index in [0.29, 0.717) is 25.3 Å². The first kappa shape index (κ1) is 17.9. The maximum absolute atomic E-state index is 13.8. The normalized spacial score (nSPS) is 18.1. The Labute approximate surface area is 156 Å². The van der Waals surface area contributed by atoms with Crippen molar-refractivity contribution in [3.8, 4) is 5.75 Å². The number of aryl methyl sites for hydroxylation is 1. The zero-order valence-electron chi connectivity index (χ0n) is 15.3. The first-order chi connectivity index (χ1) is 13.0. The molecule has 1 saturated heterocycles. The third-order valence-corrected chi connectivity index (χ3v) is 4.95. The average Bonchev–Trinajstić information content (AvgIpc) is 3.05. The van der Waals surface area contributed by atoms with E-state index in [1.807, 2.05) is 23.7 Å². The minimum Gasteiger partial charge on any atom is -0.494 e. The molecule has 0 spiro atoms. The summed E-state index contributed by atoms with van der Waals surface area (Å²) in [5, 5.41) is 0. The lowest BCUT2D eigenvalue weighted by Gasteiger charge is -2.33. The van der Waals surface area contributed by atoms with Gasteiger partial charge in [0.1, 0.15) is 0 Å². The number of nitrogens with zero attached hydrogens (tertiary/aromatic N) is 3. The van der Waals surface area contributed by atoms with Crippen LogP contribution < -0.4 is 4.74 Å². The fourth-order valence-electron chi connectivity index (χ4n) is 3.51. The number of imidazole rings is 1. The summed E-state index contributed by atoms with van der Waals surface area (Å²) in [6.07, 6.45) is 1.71. The van der Waals surface area contributed by atoms with Crippen LogP contribution in [0.4, 0.5) is 8.78 Å². The topological polar surface area (TPSA) is 39.5 Å². The Morgan fingerprint density at radius 3 is 2.93 bits per heavy atom. The Balaban J connectivity index is 1.52. The highest BCUT2D eigenvalue weighted by Crippen LogP contribution is 2.27. The van der Waals surface area contributed by atoms with Crippen molar-refractivity contribution in [2.75, 3.05) is 26.8 Å². The van der Waals surface area contributed by atoms with Crippen LogP contribution >= 0.6 is 0 Å². The summed E-state index contributed by atoms with van der Waals surface area (Å²) in [7, 11) is 3.30. The van der Waals surface area contributed by atoms with Gasteiger partial charge in [0.2, 0.25) is 5.82 Å². The lowest BCUT2D eigenvalue weighted by atomic mass is 10.1. The molecule has 1 atom stereocenters. The largest absolute Gasteiger partial charge is 0.494 e. The van der Waals surface area contributed by atoms with Crippen molar-refractivity contribution in [3.63, 3.8) is 0 Å². The summed E-state index contributed by atoms with van der Waals surface area (Å²) in [5.41, 5.74) is 3.76. The molecule has 2 aromatic carbocycles. The molecule has 0 N–H and O–H groups in total. The predicted molar refractivity (Wildman–Crippen MR) is 97.6 cm³/mol. The number of fused-ring (bicyclic) bond motifs is 1. The van der Waals surface area contributed by atoms with Crippen molar-refractivity contribution < 1.29 is 18.3 Å². The van der Waals surface area contributed by atoms with Gasteiger partial charge in [0, 0.05) is 26.7 Å². The molecule has 1 aliphatic heterocycles. The maximum atomic E-state index is 13.8. The maximum Gasteiger partial charge on any atom is 0.200 e. The summed E-state index contributed by atoms with van der Waals surface area (Å²) in [5.74, 6) is -1.92. The smallest absolute Gasteiger partial charge is 0.200 e. The number of aromatic nitrogens is 2. The molecule has 0 saturated carbocycles. The van der Waals surface area contributed by atoms with Crippen molar-refractivity contribution >= 4 is 11.0 Å². The quantitative estimate of drug-likeness (QED) is 0.702. The Bertz CT molecular complexity index is 973. The first-order valence-electron chi connectivity index (χ1n) is 8.82. The number of methoxy groups -OCH3 is 1. The molecule has 3 aromatic rings. The van der Waals surface area contributed by atoms with E-state index in [-0.39, 0.29) is 11.9 Å². The average molecular weight is 373 g/mol. The van der Waals surface area contributed by atoms with Crippen LogP contribution in [0.2, 0.25) is 0 Å². The molecule has 0 amide bonds. The van der Waals surface area contributed by atoms with Crippen molar-refractivity contribution in [2.24, 2.45) is 7.05 Å². The third kappa shape index (κ3) is 3.52. The minimum absolute atomic E-state index is 0.0727. The fourth-order valence-corrected chi connectivity index (χ4v) is 3.51. The summed E-state index contributed by atoms with van der Waals surface area (Å²) >= 11 is 0. The van der Waals surface area contributed by atoms with Gasteiger partial charge in [0.15, 0.2) is 11.6 Å². The summed E-state index contributed by atoms with van der Waals surface area (Å²) < 4.78 is 40.3. The molecule has 1 aromatic heterocycles. The number of benzene rings is 2.